The lowest BCUT2D eigenvalue weighted by Crippen LogP contribution is -2.39. The number of carbonyl (C=O) groups is 2. The fourth-order valence-electron chi connectivity index (χ4n) is 4.35. The van der Waals surface area contributed by atoms with E-state index in [1.165, 1.54) is 0 Å². The molecule has 1 saturated carbocycles. The van der Waals surface area contributed by atoms with Crippen LogP contribution < -0.4 is 0 Å². The van der Waals surface area contributed by atoms with Gasteiger partial charge in [-0.3, -0.25) is 9.59 Å². The first-order valence-electron chi connectivity index (χ1n) is 9.14. The van der Waals surface area contributed by atoms with Crippen LogP contribution in [-0.4, -0.2) is 41.0 Å². The number of benzene rings is 1. The number of fused-ring (bicyclic) bond motifs is 1. The van der Waals surface area contributed by atoms with Crippen LogP contribution in [0.25, 0.3) is 0 Å². The lowest BCUT2D eigenvalue weighted by molar-refractivity contribution is -0.135. The summed E-state index contributed by atoms with van der Waals surface area (Å²) in [6.45, 7) is 0.421. The molecule has 1 aromatic carbocycles. The van der Waals surface area contributed by atoms with Gasteiger partial charge < -0.3 is 14.7 Å². The maximum Gasteiger partial charge on any atom is 0.290 e. The van der Waals surface area contributed by atoms with Crippen molar-refractivity contribution in [2.45, 2.75) is 44.2 Å². The average molecular weight is 341 g/mol. The molecule has 3 aliphatic rings. The maximum atomic E-state index is 13.2. The summed E-state index contributed by atoms with van der Waals surface area (Å²) >= 11 is 0. The summed E-state index contributed by atoms with van der Waals surface area (Å²) < 4.78 is 6.06. The van der Waals surface area contributed by atoms with Gasteiger partial charge in [0.25, 0.3) is 5.91 Å². The monoisotopic (exact) mass is 341 g/mol. The molecule has 5 heteroatoms. The lowest BCUT2D eigenvalue weighted by atomic mass is 9.77. The number of ketones is 1. The molecular weight excluding hydrogens is 318 g/mol. The molecule has 1 N–H and O–H groups in total. The molecule has 1 amide bonds. The molecule has 3 atom stereocenters. The number of ether oxygens (including phenoxy) is 1. The second kappa shape index (κ2) is 6.64. The molecular formula is C20H23NO4. The molecule has 2 heterocycles. The fourth-order valence-corrected chi connectivity index (χ4v) is 4.35. The minimum absolute atomic E-state index is 0.00993. The van der Waals surface area contributed by atoms with Gasteiger partial charge in [0.05, 0.1) is 17.5 Å². The van der Waals surface area contributed by atoms with E-state index in [0.717, 1.165) is 31.2 Å². The van der Waals surface area contributed by atoms with Crippen LogP contribution in [0.3, 0.4) is 0 Å². The van der Waals surface area contributed by atoms with Crippen molar-refractivity contribution < 1.29 is 19.4 Å². The highest BCUT2D eigenvalue weighted by Crippen LogP contribution is 2.46. The third-order valence-electron chi connectivity index (χ3n) is 5.53. The van der Waals surface area contributed by atoms with Gasteiger partial charge in [0, 0.05) is 13.2 Å². The molecule has 132 valence electrons. The second-order valence-electron chi connectivity index (χ2n) is 7.04. The summed E-state index contributed by atoms with van der Waals surface area (Å²) in [5.41, 5.74) is 1.45. The number of carbonyl (C=O) groups excluding carboxylic acids is 2. The van der Waals surface area contributed by atoms with Crippen molar-refractivity contribution in [2.24, 2.45) is 5.92 Å². The Morgan fingerprint density at radius 3 is 2.64 bits per heavy atom. The topological polar surface area (TPSA) is 66.8 Å². The molecule has 0 aromatic heterocycles. The summed E-state index contributed by atoms with van der Waals surface area (Å²) in [7, 11) is 0. The maximum absolute atomic E-state index is 13.2. The Balaban J connectivity index is 1.76. The van der Waals surface area contributed by atoms with E-state index < -0.39 is 6.04 Å². The van der Waals surface area contributed by atoms with Crippen LogP contribution in [0.1, 0.15) is 43.7 Å². The Labute approximate surface area is 147 Å². The molecule has 1 aliphatic carbocycles. The predicted octanol–water partition coefficient (Wildman–Crippen LogP) is 2.36. The largest absolute Gasteiger partial charge is 0.483 e. The van der Waals surface area contributed by atoms with Crippen LogP contribution in [0.15, 0.2) is 41.7 Å². The quantitative estimate of drug-likeness (QED) is 0.913. The van der Waals surface area contributed by atoms with E-state index in [-0.39, 0.29) is 36.1 Å². The standard InChI is InChI=1S/C20H23NO4/c22-12-6-11-21-17(13-7-2-1-3-8-13)16-18(23)14-9-4-5-10-15(14)25-19(16)20(21)24/h1-3,7-8,14-15,17,22H,4-6,9-12H2. The van der Waals surface area contributed by atoms with Gasteiger partial charge in [0.1, 0.15) is 6.10 Å². The van der Waals surface area contributed by atoms with Gasteiger partial charge in [-0.1, -0.05) is 36.8 Å². The summed E-state index contributed by atoms with van der Waals surface area (Å²) in [6.07, 6.45) is 4.09. The van der Waals surface area contributed by atoms with E-state index in [4.69, 9.17) is 4.74 Å². The number of aliphatic hydroxyl groups excluding tert-OH is 1. The number of Topliss-reactive ketones (excluding diaryl/α,β-unsaturated/α-hetero) is 1. The third-order valence-corrected chi connectivity index (χ3v) is 5.53. The van der Waals surface area contributed by atoms with Gasteiger partial charge >= 0.3 is 0 Å². The van der Waals surface area contributed by atoms with Crippen molar-refractivity contribution in [2.75, 3.05) is 13.2 Å². The number of nitrogens with zero attached hydrogens (tertiary/aromatic N) is 1. The van der Waals surface area contributed by atoms with Crippen molar-refractivity contribution >= 4 is 11.7 Å². The summed E-state index contributed by atoms with van der Waals surface area (Å²) in [5, 5.41) is 9.20. The highest BCUT2D eigenvalue weighted by atomic mass is 16.5. The zero-order valence-corrected chi connectivity index (χ0v) is 14.2. The Hall–Kier alpha value is -2.14. The van der Waals surface area contributed by atoms with Crippen LogP contribution in [-0.2, 0) is 14.3 Å². The van der Waals surface area contributed by atoms with Crippen molar-refractivity contribution in [1.29, 1.82) is 0 Å². The Bertz CT molecular complexity index is 712. The van der Waals surface area contributed by atoms with Gasteiger partial charge in [-0.2, -0.15) is 0 Å². The first kappa shape index (κ1) is 16.3. The first-order chi connectivity index (χ1) is 12.2. The average Bonchev–Trinajstić information content (AvgIpc) is 2.93. The molecule has 1 fully saturated rings. The fraction of sp³-hybridized carbons (Fsp3) is 0.500. The van der Waals surface area contributed by atoms with Gasteiger partial charge in [-0.15, -0.1) is 0 Å². The van der Waals surface area contributed by atoms with Crippen LogP contribution in [0.4, 0.5) is 0 Å². The summed E-state index contributed by atoms with van der Waals surface area (Å²) in [4.78, 5) is 27.9. The van der Waals surface area contributed by atoms with Crippen LogP contribution >= 0.6 is 0 Å². The van der Waals surface area contributed by atoms with Crippen LogP contribution in [0.5, 0.6) is 0 Å². The van der Waals surface area contributed by atoms with E-state index >= 15 is 0 Å². The van der Waals surface area contributed by atoms with E-state index in [2.05, 4.69) is 0 Å². The molecule has 2 aliphatic heterocycles. The van der Waals surface area contributed by atoms with Gasteiger partial charge in [0.2, 0.25) is 0 Å². The molecule has 0 radical (unpaired) electrons. The summed E-state index contributed by atoms with van der Waals surface area (Å²) in [5.74, 6) is -0.00132. The number of aliphatic hydroxyl groups is 1. The first-order valence-corrected chi connectivity index (χ1v) is 9.14. The Morgan fingerprint density at radius 2 is 1.88 bits per heavy atom. The molecule has 0 spiro atoms. The smallest absolute Gasteiger partial charge is 0.290 e. The minimum atomic E-state index is -0.398. The van der Waals surface area contributed by atoms with Crippen molar-refractivity contribution in [1.82, 2.24) is 4.90 Å². The van der Waals surface area contributed by atoms with Crippen molar-refractivity contribution in [3.05, 3.63) is 47.2 Å². The zero-order chi connectivity index (χ0) is 17.4. The predicted molar refractivity (Wildman–Crippen MR) is 91.5 cm³/mol. The lowest BCUT2D eigenvalue weighted by Gasteiger charge is -2.35. The number of amides is 1. The Kier molecular flexibility index (Phi) is 4.34. The molecule has 0 bridgehead atoms. The van der Waals surface area contributed by atoms with E-state index in [0.29, 0.717) is 18.5 Å². The van der Waals surface area contributed by atoms with Crippen molar-refractivity contribution in [3.63, 3.8) is 0 Å². The highest BCUT2D eigenvalue weighted by molar-refractivity contribution is 6.11. The third kappa shape index (κ3) is 2.67. The molecule has 5 nitrogen and oxygen atoms in total. The summed E-state index contributed by atoms with van der Waals surface area (Å²) in [6, 6.07) is 9.25. The van der Waals surface area contributed by atoms with E-state index in [1.54, 1.807) is 4.90 Å². The van der Waals surface area contributed by atoms with E-state index in [9.17, 15) is 14.7 Å². The normalized spacial score (nSPS) is 28.7. The zero-order valence-electron chi connectivity index (χ0n) is 14.2. The van der Waals surface area contributed by atoms with Gasteiger partial charge in [0.15, 0.2) is 11.5 Å². The molecule has 0 saturated heterocycles. The molecule has 4 rings (SSSR count). The van der Waals surface area contributed by atoms with Gasteiger partial charge in [-0.25, -0.2) is 0 Å². The van der Waals surface area contributed by atoms with E-state index in [1.807, 2.05) is 30.3 Å². The molecule has 25 heavy (non-hydrogen) atoms. The highest BCUT2D eigenvalue weighted by Gasteiger charge is 2.51. The number of rotatable bonds is 4. The molecule has 3 unspecified atom stereocenters. The van der Waals surface area contributed by atoms with Crippen LogP contribution in [0.2, 0.25) is 0 Å². The van der Waals surface area contributed by atoms with Gasteiger partial charge in [-0.05, 0) is 31.2 Å². The molecule has 1 aromatic rings. The number of hydrogen-bond donors (Lipinski definition) is 1. The Morgan fingerprint density at radius 1 is 1.12 bits per heavy atom. The minimum Gasteiger partial charge on any atom is -0.483 e. The number of hydrogen-bond acceptors (Lipinski definition) is 4. The van der Waals surface area contributed by atoms with Crippen LogP contribution in [0, 0.1) is 5.92 Å². The van der Waals surface area contributed by atoms with Crippen molar-refractivity contribution in [3.8, 4) is 0 Å². The SMILES string of the molecule is O=C1C2=C(OC3CCCCC13)C(=O)N(CCCO)C2c1ccccc1. The second-order valence-corrected chi connectivity index (χ2v) is 7.04.